The van der Waals surface area contributed by atoms with Gasteiger partial charge in [-0.25, -0.2) is 4.98 Å². The third kappa shape index (κ3) is 1.65. The largest absolute Gasteiger partial charge is 0.381 e. The van der Waals surface area contributed by atoms with E-state index in [1.807, 2.05) is 5.38 Å². The standard InChI is InChI=1S/C11H15BrN2OS/c12-9-7-16-10(13-9)11(15)4-6-14-5-2-1-3-8(11)14/h7-8,15H,1-6H2. The second-order valence-corrected chi connectivity index (χ2v) is 6.37. The van der Waals surface area contributed by atoms with Gasteiger partial charge in [0.1, 0.15) is 15.2 Å². The summed E-state index contributed by atoms with van der Waals surface area (Å²) in [5.41, 5.74) is -0.697. The minimum absolute atomic E-state index is 0.291. The van der Waals surface area contributed by atoms with Crippen LogP contribution in [0.3, 0.4) is 0 Å². The van der Waals surface area contributed by atoms with Gasteiger partial charge in [0.25, 0.3) is 0 Å². The molecule has 1 aromatic heterocycles. The number of nitrogens with zero attached hydrogens (tertiary/aromatic N) is 2. The minimum atomic E-state index is -0.697. The van der Waals surface area contributed by atoms with Crippen LogP contribution in [0.4, 0.5) is 0 Å². The lowest BCUT2D eigenvalue weighted by atomic mass is 9.89. The van der Waals surface area contributed by atoms with Crippen LogP contribution in [-0.4, -0.2) is 34.1 Å². The van der Waals surface area contributed by atoms with E-state index < -0.39 is 5.60 Å². The van der Waals surface area contributed by atoms with Crippen LogP contribution in [0.5, 0.6) is 0 Å². The molecule has 2 saturated heterocycles. The highest BCUT2D eigenvalue weighted by atomic mass is 79.9. The van der Waals surface area contributed by atoms with Gasteiger partial charge in [0, 0.05) is 18.0 Å². The molecule has 1 aromatic rings. The molecule has 3 rings (SSSR count). The van der Waals surface area contributed by atoms with Crippen molar-refractivity contribution in [2.45, 2.75) is 37.3 Å². The number of hydrogen-bond donors (Lipinski definition) is 1. The Morgan fingerprint density at radius 2 is 2.38 bits per heavy atom. The van der Waals surface area contributed by atoms with Crippen molar-refractivity contribution in [2.75, 3.05) is 13.1 Å². The van der Waals surface area contributed by atoms with Gasteiger partial charge < -0.3 is 5.11 Å². The molecule has 2 aliphatic rings. The van der Waals surface area contributed by atoms with Crippen LogP contribution in [0.25, 0.3) is 0 Å². The number of thiazole rings is 1. The molecule has 0 radical (unpaired) electrons. The lowest BCUT2D eigenvalue weighted by molar-refractivity contribution is -0.0140. The van der Waals surface area contributed by atoms with Gasteiger partial charge in [-0.2, -0.15) is 0 Å². The van der Waals surface area contributed by atoms with Crippen LogP contribution in [0.2, 0.25) is 0 Å². The van der Waals surface area contributed by atoms with Crippen LogP contribution in [0.15, 0.2) is 9.98 Å². The molecule has 5 heteroatoms. The summed E-state index contributed by atoms with van der Waals surface area (Å²) in [5, 5.41) is 13.7. The normalized spacial score (nSPS) is 35.2. The molecule has 0 bridgehead atoms. The Balaban J connectivity index is 1.92. The molecular weight excluding hydrogens is 288 g/mol. The molecule has 0 aromatic carbocycles. The van der Waals surface area contributed by atoms with Gasteiger partial charge in [-0.15, -0.1) is 11.3 Å². The molecule has 2 fully saturated rings. The van der Waals surface area contributed by atoms with Crippen molar-refractivity contribution in [2.24, 2.45) is 0 Å². The second kappa shape index (κ2) is 4.05. The van der Waals surface area contributed by atoms with Crippen LogP contribution < -0.4 is 0 Å². The Morgan fingerprint density at radius 3 is 3.12 bits per heavy atom. The molecule has 2 atom stereocenters. The monoisotopic (exact) mass is 302 g/mol. The Hall–Kier alpha value is 0.0300. The summed E-state index contributed by atoms with van der Waals surface area (Å²) < 4.78 is 0.843. The predicted molar refractivity (Wildman–Crippen MR) is 67.5 cm³/mol. The van der Waals surface area contributed by atoms with Crippen molar-refractivity contribution >= 4 is 27.3 Å². The first-order valence-corrected chi connectivity index (χ1v) is 7.45. The Morgan fingerprint density at radius 1 is 1.50 bits per heavy atom. The van der Waals surface area contributed by atoms with Gasteiger partial charge in [-0.3, -0.25) is 4.90 Å². The van der Waals surface area contributed by atoms with Gasteiger partial charge >= 0.3 is 0 Å². The molecule has 0 aliphatic carbocycles. The Kier molecular flexibility index (Phi) is 2.82. The van der Waals surface area contributed by atoms with E-state index in [-0.39, 0.29) is 0 Å². The average Bonchev–Trinajstić information content (AvgIpc) is 2.86. The van der Waals surface area contributed by atoms with E-state index in [1.54, 1.807) is 11.3 Å². The molecular formula is C11H15BrN2OS. The zero-order valence-corrected chi connectivity index (χ0v) is 11.4. The summed E-state index contributed by atoms with van der Waals surface area (Å²) in [6.07, 6.45) is 4.44. The first-order chi connectivity index (χ1) is 7.70. The quantitative estimate of drug-likeness (QED) is 0.865. The Bertz CT molecular complexity index is 397. The van der Waals surface area contributed by atoms with Gasteiger partial charge in [0.05, 0.1) is 0 Å². The van der Waals surface area contributed by atoms with Crippen molar-refractivity contribution in [3.63, 3.8) is 0 Å². The maximum atomic E-state index is 10.9. The molecule has 0 amide bonds. The van der Waals surface area contributed by atoms with Crippen molar-refractivity contribution < 1.29 is 5.11 Å². The predicted octanol–water partition coefficient (Wildman–Crippen LogP) is 2.35. The first kappa shape index (κ1) is 11.1. The smallest absolute Gasteiger partial charge is 0.133 e. The molecule has 3 nitrogen and oxygen atoms in total. The topological polar surface area (TPSA) is 36.4 Å². The minimum Gasteiger partial charge on any atom is -0.381 e. The number of fused-ring (bicyclic) bond motifs is 1. The summed E-state index contributed by atoms with van der Waals surface area (Å²) in [6, 6.07) is 0.291. The third-order valence-corrected chi connectivity index (χ3v) is 5.51. The summed E-state index contributed by atoms with van der Waals surface area (Å²) in [5.74, 6) is 0. The molecule has 1 N–H and O–H groups in total. The highest BCUT2D eigenvalue weighted by molar-refractivity contribution is 9.10. The van der Waals surface area contributed by atoms with E-state index >= 15 is 0 Å². The zero-order chi connectivity index (χ0) is 11.2. The van der Waals surface area contributed by atoms with E-state index in [1.165, 1.54) is 12.8 Å². The van der Waals surface area contributed by atoms with Crippen molar-refractivity contribution in [3.8, 4) is 0 Å². The Labute approximate surface area is 108 Å². The SMILES string of the molecule is OC1(c2nc(Br)cs2)CCN2CCCCC21. The fourth-order valence-corrected chi connectivity index (χ4v) is 4.41. The van der Waals surface area contributed by atoms with Crippen LogP contribution in [0, 0.1) is 0 Å². The van der Waals surface area contributed by atoms with Crippen molar-refractivity contribution in [1.29, 1.82) is 0 Å². The van der Waals surface area contributed by atoms with E-state index in [0.717, 1.165) is 35.5 Å². The number of piperidine rings is 1. The lowest BCUT2D eigenvalue weighted by Crippen LogP contribution is -2.45. The summed E-state index contributed by atoms with van der Waals surface area (Å²) in [4.78, 5) is 6.84. The van der Waals surface area contributed by atoms with Gasteiger partial charge in [0.15, 0.2) is 0 Å². The van der Waals surface area contributed by atoms with E-state index in [4.69, 9.17) is 0 Å². The maximum absolute atomic E-state index is 10.9. The van der Waals surface area contributed by atoms with Crippen LogP contribution in [0.1, 0.15) is 30.7 Å². The molecule has 2 aliphatic heterocycles. The summed E-state index contributed by atoms with van der Waals surface area (Å²) in [7, 11) is 0. The van der Waals surface area contributed by atoms with Crippen molar-refractivity contribution in [3.05, 3.63) is 15.0 Å². The molecule has 2 unspecified atom stereocenters. The van der Waals surface area contributed by atoms with Gasteiger partial charge in [-0.1, -0.05) is 6.42 Å². The van der Waals surface area contributed by atoms with Crippen LogP contribution >= 0.6 is 27.3 Å². The third-order valence-electron chi connectivity index (χ3n) is 3.79. The summed E-state index contributed by atoms with van der Waals surface area (Å²) in [6.45, 7) is 2.15. The molecule has 0 spiro atoms. The molecule has 16 heavy (non-hydrogen) atoms. The summed E-state index contributed by atoms with van der Waals surface area (Å²) >= 11 is 4.93. The highest BCUT2D eigenvalue weighted by Gasteiger charge is 2.49. The lowest BCUT2D eigenvalue weighted by Gasteiger charge is -2.36. The number of rotatable bonds is 1. The zero-order valence-electron chi connectivity index (χ0n) is 9.03. The fraction of sp³-hybridized carbons (Fsp3) is 0.727. The van der Waals surface area contributed by atoms with E-state index in [0.29, 0.717) is 6.04 Å². The highest BCUT2D eigenvalue weighted by Crippen LogP contribution is 2.43. The number of aromatic nitrogens is 1. The molecule has 3 heterocycles. The molecule has 88 valence electrons. The molecule has 0 saturated carbocycles. The fourth-order valence-electron chi connectivity index (χ4n) is 2.98. The number of aliphatic hydroxyl groups is 1. The van der Waals surface area contributed by atoms with Crippen LogP contribution in [-0.2, 0) is 5.60 Å². The second-order valence-electron chi connectivity index (χ2n) is 4.70. The number of hydrogen-bond acceptors (Lipinski definition) is 4. The number of halogens is 1. The van der Waals surface area contributed by atoms with Crippen molar-refractivity contribution in [1.82, 2.24) is 9.88 Å². The van der Waals surface area contributed by atoms with Gasteiger partial charge in [-0.05, 0) is 41.7 Å². The van der Waals surface area contributed by atoms with Gasteiger partial charge in [0.2, 0.25) is 0 Å². The van der Waals surface area contributed by atoms with E-state index in [9.17, 15) is 5.11 Å². The average molecular weight is 303 g/mol. The first-order valence-electron chi connectivity index (χ1n) is 5.78. The van der Waals surface area contributed by atoms with E-state index in [2.05, 4.69) is 25.8 Å². The maximum Gasteiger partial charge on any atom is 0.133 e.